The fourth-order valence-corrected chi connectivity index (χ4v) is 6.72. The van der Waals surface area contributed by atoms with Crippen molar-refractivity contribution in [3.05, 3.63) is 65.0 Å². The summed E-state index contributed by atoms with van der Waals surface area (Å²) in [5, 5.41) is 11.9. The van der Waals surface area contributed by atoms with E-state index in [0.29, 0.717) is 81.7 Å². The van der Waals surface area contributed by atoms with Crippen molar-refractivity contribution in [2.24, 2.45) is 5.73 Å². The highest BCUT2D eigenvalue weighted by molar-refractivity contribution is 6.04. The van der Waals surface area contributed by atoms with E-state index in [4.69, 9.17) is 29.9 Å². The molecule has 298 valence electrons. The van der Waals surface area contributed by atoms with E-state index < -0.39 is 5.91 Å². The van der Waals surface area contributed by atoms with E-state index >= 15 is 0 Å². The number of hydrazine groups is 1. The first kappa shape index (κ1) is 39.7. The summed E-state index contributed by atoms with van der Waals surface area (Å²) < 4.78 is 23.0. The Balaban J connectivity index is 1.32. The van der Waals surface area contributed by atoms with Gasteiger partial charge >= 0.3 is 0 Å². The fourth-order valence-electron chi connectivity index (χ4n) is 6.72. The molecule has 0 bridgehead atoms. The molecule has 0 spiro atoms. The Labute approximate surface area is 324 Å². The summed E-state index contributed by atoms with van der Waals surface area (Å²) in [4.78, 5) is 50.9. The minimum absolute atomic E-state index is 0.261. The van der Waals surface area contributed by atoms with Gasteiger partial charge in [0.05, 0.1) is 43.7 Å². The number of ether oxygens (including phenoxy) is 3. The molecule has 4 heterocycles. The number of benzene rings is 2. The van der Waals surface area contributed by atoms with Gasteiger partial charge in [0.1, 0.15) is 28.2 Å². The molecule has 56 heavy (non-hydrogen) atoms. The number of morpholine rings is 1. The van der Waals surface area contributed by atoms with E-state index in [-0.39, 0.29) is 24.3 Å². The number of nitrogens with two attached hydrogens (primary N) is 1. The number of aryl methyl sites for hydroxylation is 2. The predicted molar refractivity (Wildman–Crippen MR) is 212 cm³/mol. The molecule has 1 aliphatic rings. The number of carbonyl (C=O) groups is 3. The van der Waals surface area contributed by atoms with Crippen LogP contribution in [-0.4, -0.2) is 124 Å². The predicted octanol–water partition coefficient (Wildman–Crippen LogP) is 2.88. The molecule has 5 aromatic rings. The summed E-state index contributed by atoms with van der Waals surface area (Å²) in [7, 11) is 6.57. The van der Waals surface area contributed by atoms with Crippen molar-refractivity contribution in [3.8, 4) is 11.5 Å². The Hall–Kier alpha value is -5.98. The van der Waals surface area contributed by atoms with Crippen molar-refractivity contribution in [2.75, 3.05) is 78.3 Å². The van der Waals surface area contributed by atoms with Crippen LogP contribution in [0.2, 0.25) is 0 Å². The maximum Gasteiger partial charge on any atom is 0.276 e. The van der Waals surface area contributed by atoms with E-state index in [0.717, 1.165) is 39.3 Å². The number of hydrogen-bond donors (Lipinski definition) is 4. The lowest BCUT2D eigenvalue weighted by atomic mass is 10.1. The third kappa shape index (κ3) is 8.46. The minimum Gasteiger partial charge on any atom is -0.494 e. The molecule has 0 saturated carbocycles. The normalized spacial score (nSPS) is 13.5. The molecule has 0 aliphatic carbocycles. The number of imidazole rings is 2. The van der Waals surface area contributed by atoms with Gasteiger partial charge in [-0.3, -0.25) is 34.3 Å². The standard InChI is InChI=1S/C38H50N12O6/c1-7-50-29(19-24(2)45-50)35(52)44-38-43-28-21-26(36(53)46(5)41-4)23-30(54-6)32(28)49(38)13-9-8-12-48-33-27(42-37(48)40-3)20-25(34(39)51)22-31(33)56-16-10-11-47-14-17-55-18-15-47/h8-9,19-23,41H,7,10-18H2,1-6H3,(H2,39,51)(H,40,42)(H,43,44,52)/b9-8+. The van der Waals surface area contributed by atoms with Crippen molar-refractivity contribution in [3.63, 3.8) is 0 Å². The topological polar surface area (TPSA) is 201 Å². The van der Waals surface area contributed by atoms with Gasteiger partial charge in [0.15, 0.2) is 0 Å². The van der Waals surface area contributed by atoms with E-state index in [1.807, 2.05) is 35.1 Å². The van der Waals surface area contributed by atoms with Crippen LogP contribution in [0.4, 0.5) is 11.9 Å². The zero-order chi connectivity index (χ0) is 39.9. The average Bonchev–Trinajstić information content (AvgIpc) is 3.89. The third-order valence-electron chi connectivity index (χ3n) is 9.61. The van der Waals surface area contributed by atoms with Crippen molar-refractivity contribution < 1.29 is 28.6 Å². The van der Waals surface area contributed by atoms with Crippen LogP contribution in [0.5, 0.6) is 11.5 Å². The van der Waals surface area contributed by atoms with Gasteiger partial charge in [-0.2, -0.15) is 5.10 Å². The van der Waals surface area contributed by atoms with Gasteiger partial charge < -0.3 is 34.4 Å². The molecule has 1 aliphatic heterocycles. The highest BCUT2D eigenvalue weighted by Crippen LogP contribution is 2.33. The number of fused-ring (bicyclic) bond motifs is 2. The number of anilines is 2. The van der Waals surface area contributed by atoms with Crippen LogP contribution in [0, 0.1) is 6.92 Å². The molecule has 2 aromatic carbocycles. The fraction of sp³-hybridized carbons (Fsp3) is 0.421. The first-order chi connectivity index (χ1) is 27.1. The van der Waals surface area contributed by atoms with E-state index in [2.05, 4.69) is 26.1 Å². The first-order valence-corrected chi connectivity index (χ1v) is 18.6. The molecule has 1 fully saturated rings. The Morgan fingerprint density at radius 2 is 1.59 bits per heavy atom. The molecule has 18 nitrogen and oxygen atoms in total. The molecular weight excluding hydrogens is 720 g/mol. The number of methoxy groups -OCH3 is 1. The summed E-state index contributed by atoms with van der Waals surface area (Å²) in [6.07, 6.45) is 4.69. The van der Waals surface area contributed by atoms with Gasteiger partial charge in [-0.25, -0.2) is 15.4 Å². The lowest BCUT2D eigenvalue weighted by Crippen LogP contribution is -2.37. The second-order valence-electron chi connectivity index (χ2n) is 13.3. The molecule has 0 radical (unpaired) electrons. The minimum atomic E-state index is -0.573. The number of nitrogens with zero attached hydrogens (tertiary/aromatic N) is 8. The zero-order valence-corrected chi connectivity index (χ0v) is 32.7. The van der Waals surface area contributed by atoms with Crippen LogP contribution in [0.25, 0.3) is 22.1 Å². The molecule has 1 saturated heterocycles. The quantitative estimate of drug-likeness (QED) is 0.0613. The summed E-state index contributed by atoms with van der Waals surface area (Å²) in [5.41, 5.74) is 12.6. The van der Waals surface area contributed by atoms with Gasteiger partial charge in [0, 0.05) is 71.5 Å². The van der Waals surface area contributed by atoms with E-state index in [9.17, 15) is 14.4 Å². The Morgan fingerprint density at radius 3 is 2.23 bits per heavy atom. The Morgan fingerprint density at radius 1 is 0.946 bits per heavy atom. The summed E-state index contributed by atoms with van der Waals surface area (Å²) in [6.45, 7) is 9.44. The Kier molecular flexibility index (Phi) is 12.5. The molecule has 0 unspecified atom stereocenters. The summed E-state index contributed by atoms with van der Waals surface area (Å²) in [5.74, 6) is 0.504. The molecule has 3 aromatic heterocycles. The average molecular weight is 771 g/mol. The number of carbonyl (C=O) groups excluding carboxylic acids is 3. The molecular formula is C38H50N12O6. The van der Waals surface area contributed by atoms with E-state index in [1.165, 1.54) is 12.1 Å². The molecule has 6 rings (SSSR count). The number of allylic oxidation sites excluding steroid dienone is 2. The highest BCUT2D eigenvalue weighted by Gasteiger charge is 2.23. The molecule has 18 heteroatoms. The van der Waals surface area contributed by atoms with Gasteiger partial charge in [0.2, 0.25) is 17.8 Å². The number of rotatable bonds is 17. The number of nitrogens with one attached hydrogen (secondary N) is 3. The van der Waals surface area contributed by atoms with Crippen LogP contribution in [0.3, 0.4) is 0 Å². The van der Waals surface area contributed by atoms with Crippen LogP contribution in [0.1, 0.15) is 50.2 Å². The molecule has 0 atom stereocenters. The van der Waals surface area contributed by atoms with Crippen LogP contribution in [-0.2, 0) is 24.4 Å². The smallest absolute Gasteiger partial charge is 0.276 e. The van der Waals surface area contributed by atoms with Gasteiger partial charge in [-0.1, -0.05) is 12.2 Å². The van der Waals surface area contributed by atoms with Crippen molar-refractivity contribution in [1.29, 1.82) is 0 Å². The lowest BCUT2D eigenvalue weighted by Gasteiger charge is -2.26. The second-order valence-corrected chi connectivity index (χ2v) is 13.3. The lowest BCUT2D eigenvalue weighted by molar-refractivity contribution is 0.0358. The van der Waals surface area contributed by atoms with Crippen LogP contribution < -0.4 is 31.3 Å². The zero-order valence-electron chi connectivity index (χ0n) is 32.7. The van der Waals surface area contributed by atoms with Crippen LogP contribution >= 0.6 is 0 Å². The number of primary amides is 1. The number of amides is 3. The van der Waals surface area contributed by atoms with Crippen molar-refractivity contribution >= 4 is 51.7 Å². The summed E-state index contributed by atoms with van der Waals surface area (Å²) in [6, 6.07) is 8.38. The second kappa shape index (κ2) is 17.7. The first-order valence-electron chi connectivity index (χ1n) is 18.6. The maximum absolute atomic E-state index is 13.6. The highest BCUT2D eigenvalue weighted by atomic mass is 16.5. The third-order valence-corrected chi connectivity index (χ3v) is 9.61. The van der Waals surface area contributed by atoms with Gasteiger partial charge in [-0.05, 0) is 50.6 Å². The van der Waals surface area contributed by atoms with Crippen molar-refractivity contribution in [1.82, 2.24) is 44.2 Å². The monoisotopic (exact) mass is 770 g/mol. The van der Waals surface area contributed by atoms with Gasteiger partial charge in [-0.15, -0.1) is 0 Å². The SMILES string of the molecule is CCn1nc(C)cc1C(=O)Nc1nc2cc(C(=O)N(C)NC)cc(OC)c2n1C/C=C/Cn1c(NC)nc2cc(C(N)=O)cc(OCCCN3CCOCC3)c21. The van der Waals surface area contributed by atoms with Crippen molar-refractivity contribution in [2.45, 2.75) is 39.9 Å². The summed E-state index contributed by atoms with van der Waals surface area (Å²) >= 11 is 0. The molecule has 3 amide bonds. The largest absolute Gasteiger partial charge is 0.494 e. The number of aromatic nitrogens is 6. The maximum atomic E-state index is 13.6. The van der Waals surface area contributed by atoms with E-state index in [1.54, 1.807) is 56.2 Å². The van der Waals surface area contributed by atoms with Gasteiger partial charge in [0.25, 0.3) is 11.8 Å². The van der Waals surface area contributed by atoms with Crippen LogP contribution in [0.15, 0.2) is 42.5 Å². The molecule has 5 N–H and O–H groups in total. The Bertz CT molecular complexity index is 2250. The number of hydrogen-bond acceptors (Lipinski definition) is 12.